The van der Waals surface area contributed by atoms with Crippen LogP contribution < -0.4 is 10.1 Å². The number of ether oxygens (including phenoxy) is 1. The van der Waals surface area contributed by atoms with Crippen LogP contribution in [0.25, 0.3) is 11.3 Å². The summed E-state index contributed by atoms with van der Waals surface area (Å²) >= 11 is 0. The van der Waals surface area contributed by atoms with Crippen molar-refractivity contribution in [3.8, 4) is 17.0 Å². The van der Waals surface area contributed by atoms with Crippen molar-refractivity contribution in [3.05, 3.63) is 72.1 Å². The lowest BCUT2D eigenvalue weighted by Gasteiger charge is -2.13. The molecule has 0 bridgehead atoms. The molecule has 0 amide bonds. The quantitative estimate of drug-likeness (QED) is 0.517. The van der Waals surface area contributed by atoms with Crippen molar-refractivity contribution < 1.29 is 32.9 Å². The minimum absolute atomic E-state index is 0.377. The summed E-state index contributed by atoms with van der Waals surface area (Å²) in [7, 11) is 1.66. The van der Waals surface area contributed by atoms with Gasteiger partial charge in [0.15, 0.2) is 0 Å². The number of anilines is 1. The Kier molecular flexibility index (Phi) is 8.54. The molecule has 0 aliphatic carbocycles. The predicted octanol–water partition coefficient (Wildman–Crippen LogP) is 4.24. The lowest BCUT2D eigenvalue weighted by molar-refractivity contribution is -0.192. The third-order valence-corrected chi connectivity index (χ3v) is 4.26. The van der Waals surface area contributed by atoms with Crippen LogP contribution in [-0.4, -0.2) is 46.0 Å². The van der Waals surface area contributed by atoms with Gasteiger partial charge in [-0.2, -0.15) is 13.2 Å². The van der Waals surface area contributed by atoms with E-state index in [2.05, 4.69) is 15.3 Å². The van der Waals surface area contributed by atoms with Crippen LogP contribution in [0.5, 0.6) is 5.75 Å². The third kappa shape index (κ3) is 7.24. The molecule has 7 nitrogen and oxygen atoms in total. The van der Waals surface area contributed by atoms with Crippen LogP contribution in [0.4, 0.5) is 19.0 Å². The fraction of sp³-hybridized carbons (Fsp3) is 0.227. The standard InChI is InChI=1S/C20H21N3O2.C2HF3O2/c1-14-10-16(8-9-19(14)25-2)17-11-20(23-13-22-17)21-12-18(24)15-6-4-3-5-7-15;3-2(4,5)1(6)7/h3-11,13,18,24H,12H2,1-2H3,(H,21,22,23);(H,6,7)/t18-;/m0./s1. The van der Waals surface area contributed by atoms with Gasteiger partial charge in [0.1, 0.15) is 17.9 Å². The zero-order valence-electron chi connectivity index (χ0n) is 17.3. The zero-order valence-corrected chi connectivity index (χ0v) is 17.3. The molecule has 0 unspecified atom stereocenters. The minimum Gasteiger partial charge on any atom is -0.496 e. The molecule has 0 spiro atoms. The number of aliphatic hydroxyl groups excluding tert-OH is 1. The van der Waals surface area contributed by atoms with E-state index in [0.717, 1.165) is 28.1 Å². The average molecular weight is 449 g/mol. The number of aliphatic carboxylic acids is 1. The van der Waals surface area contributed by atoms with E-state index in [1.807, 2.05) is 61.5 Å². The van der Waals surface area contributed by atoms with Gasteiger partial charge in [-0.25, -0.2) is 14.8 Å². The second kappa shape index (κ2) is 11.1. The number of aryl methyl sites for hydroxylation is 1. The van der Waals surface area contributed by atoms with Crippen LogP contribution in [0.2, 0.25) is 0 Å². The Morgan fingerprint density at radius 1 is 1.12 bits per heavy atom. The van der Waals surface area contributed by atoms with Crippen LogP contribution in [-0.2, 0) is 4.79 Å². The number of carboxylic acids is 1. The van der Waals surface area contributed by atoms with Gasteiger partial charge >= 0.3 is 12.1 Å². The Morgan fingerprint density at radius 3 is 2.34 bits per heavy atom. The highest BCUT2D eigenvalue weighted by atomic mass is 19.4. The molecule has 3 N–H and O–H groups in total. The molecule has 10 heteroatoms. The number of methoxy groups -OCH3 is 1. The average Bonchev–Trinajstić information content (AvgIpc) is 2.78. The van der Waals surface area contributed by atoms with E-state index in [0.29, 0.717) is 12.4 Å². The predicted molar refractivity (Wildman–Crippen MR) is 112 cm³/mol. The van der Waals surface area contributed by atoms with Crippen molar-refractivity contribution in [2.75, 3.05) is 19.0 Å². The number of halogens is 3. The number of rotatable bonds is 6. The summed E-state index contributed by atoms with van der Waals surface area (Å²) in [6, 6.07) is 17.4. The number of carboxylic acid groups (broad SMARTS) is 1. The first-order valence-corrected chi connectivity index (χ1v) is 9.36. The van der Waals surface area contributed by atoms with Gasteiger partial charge in [-0.15, -0.1) is 0 Å². The first-order valence-electron chi connectivity index (χ1n) is 9.36. The number of carbonyl (C=O) groups is 1. The summed E-state index contributed by atoms with van der Waals surface area (Å²) in [4.78, 5) is 17.5. The largest absolute Gasteiger partial charge is 0.496 e. The maximum Gasteiger partial charge on any atom is 0.490 e. The van der Waals surface area contributed by atoms with Crippen molar-refractivity contribution in [1.82, 2.24) is 9.97 Å². The van der Waals surface area contributed by atoms with Gasteiger partial charge in [-0.1, -0.05) is 30.3 Å². The summed E-state index contributed by atoms with van der Waals surface area (Å²) in [6.45, 7) is 2.38. The Morgan fingerprint density at radius 2 is 1.78 bits per heavy atom. The second-order valence-corrected chi connectivity index (χ2v) is 6.58. The van der Waals surface area contributed by atoms with Gasteiger partial charge in [0.05, 0.1) is 18.9 Å². The van der Waals surface area contributed by atoms with Gasteiger partial charge in [-0.3, -0.25) is 0 Å². The Bertz CT molecular complexity index is 1030. The molecule has 1 aromatic heterocycles. The fourth-order valence-electron chi connectivity index (χ4n) is 2.64. The Balaban J connectivity index is 0.000000451. The number of alkyl halides is 3. The van der Waals surface area contributed by atoms with Gasteiger partial charge in [0, 0.05) is 18.2 Å². The highest BCUT2D eigenvalue weighted by molar-refractivity contribution is 5.73. The van der Waals surface area contributed by atoms with E-state index in [-0.39, 0.29) is 0 Å². The third-order valence-electron chi connectivity index (χ3n) is 4.26. The molecule has 1 atom stereocenters. The van der Waals surface area contributed by atoms with Crippen LogP contribution in [0.3, 0.4) is 0 Å². The molecule has 0 aliphatic heterocycles. The molecular weight excluding hydrogens is 427 g/mol. The maximum absolute atomic E-state index is 10.6. The molecule has 0 radical (unpaired) electrons. The number of hydrogen-bond donors (Lipinski definition) is 3. The first-order chi connectivity index (χ1) is 15.1. The van der Waals surface area contributed by atoms with Gasteiger partial charge in [0.2, 0.25) is 0 Å². The monoisotopic (exact) mass is 449 g/mol. The Labute approximate surface area is 182 Å². The molecule has 3 rings (SSSR count). The van der Waals surface area contributed by atoms with Crippen LogP contribution in [0.1, 0.15) is 17.2 Å². The molecule has 32 heavy (non-hydrogen) atoms. The van der Waals surface area contributed by atoms with Gasteiger partial charge < -0.3 is 20.3 Å². The highest BCUT2D eigenvalue weighted by Crippen LogP contribution is 2.25. The summed E-state index contributed by atoms with van der Waals surface area (Å²) in [5.74, 6) is -1.23. The van der Waals surface area contributed by atoms with Crippen molar-refractivity contribution in [2.24, 2.45) is 0 Å². The van der Waals surface area contributed by atoms with Gasteiger partial charge in [0.25, 0.3) is 0 Å². The lowest BCUT2D eigenvalue weighted by Crippen LogP contribution is -2.21. The van der Waals surface area contributed by atoms with E-state index >= 15 is 0 Å². The minimum atomic E-state index is -5.08. The van der Waals surface area contributed by atoms with E-state index in [4.69, 9.17) is 14.6 Å². The molecule has 0 saturated carbocycles. The molecular formula is C22H22F3N3O4. The van der Waals surface area contributed by atoms with Crippen molar-refractivity contribution >= 4 is 11.8 Å². The summed E-state index contributed by atoms with van der Waals surface area (Å²) < 4.78 is 37.0. The summed E-state index contributed by atoms with van der Waals surface area (Å²) in [6.07, 6.45) is -4.16. The number of nitrogens with zero attached hydrogens (tertiary/aromatic N) is 2. The van der Waals surface area contributed by atoms with Crippen molar-refractivity contribution in [1.29, 1.82) is 0 Å². The molecule has 0 saturated heterocycles. The Hall–Kier alpha value is -3.66. The van der Waals surface area contributed by atoms with E-state index in [1.165, 1.54) is 6.33 Å². The molecule has 0 aliphatic rings. The molecule has 3 aromatic rings. The van der Waals surface area contributed by atoms with E-state index in [9.17, 15) is 18.3 Å². The first kappa shape index (κ1) is 24.6. The van der Waals surface area contributed by atoms with Crippen LogP contribution in [0.15, 0.2) is 60.9 Å². The van der Waals surface area contributed by atoms with E-state index < -0.39 is 18.2 Å². The SMILES string of the molecule is COc1ccc(-c2cc(NC[C@H](O)c3ccccc3)ncn2)cc1C.O=C(O)C(F)(F)F. The molecule has 170 valence electrons. The maximum atomic E-state index is 10.6. The van der Waals surface area contributed by atoms with Crippen molar-refractivity contribution in [3.63, 3.8) is 0 Å². The van der Waals surface area contributed by atoms with Crippen molar-refractivity contribution in [2.45, 2.75) is 19.2 Å². The number of nitrogens with one attached hydrogen (secondary N) is 1. The number of hydrogen-bond acceptors (Lipinski definition) is 6. The normalized spacial score (nSPS) is 11.7. The molecule has 2 aromatic carbocycles. The zero-order chi connectivity index (χ0) is 23.7. The summed E-state index contributed by atoms with van der Waals surface area (Å²) in [5.41, 5.74) is 3.73. The fourth-order valence-corrected chi connectivity index (χ4v) is 2.64. The number of aromatic nitrogens is 2. The van der Waals surface area contributed by atoms with E-state index in [1.54, 1.807) is 7.11 Å². The van der Waals surface area contributed by atoms with Gasteiger partial charge in [-0.05, 0) is 36.2 Å². The van der Waals surface area contributed by atoms with Crippen LogP contribution in [0, 0.1) is 6.92 Å². The number of aliphatic hydroxyl groups is 1. The highest BCUT2D eigenvalue weighted by Gasteiger charge is 2.38. The molecule has 0 fully saturated rings. The smallest absolute Gasteiger partial charge is 0.490 e. The summed E-state index contributed by atoms with van der Waals surface area (Å²) in [5, 5.41) is 20.5. The number of benzene rings is 2. The van der Waals surface area contributed by atoms with Crippen LogP contribution >= 0.6 is 0 Å². The second-order valence-electron chi connectivity index (χ2n) is 6.58. The lowest BCUT2D eigenvalue weighted by atomic mass is 10.1. The molecule has 1 heterocycles. The topological polar surface area (TPSA) is 105 Å².